The molecular weight excluding hydrogens is 817 g/mol. The van der Waals surface area contributed by atoms with Crippen molar-refractivity contribution in [3.63, 3.8) is 0 Å². The number of methoxy groups -OCH3 is 1. The molecular formula is C40H58N8O6S4. The van der Waals surface area contributed by atoms with Gasteiger partial charge in [0.15, 0.2) is 0 Å². The maximum absolute atomic E-state index is 13.6. The van der Waals surface area contributed by atoms with Crippen LogP contribution in [0.5, 0.6) is 0 Å². The van der Waals surface area contributed by atoms with Gasteiger partial charge in [-0.3, -0.25) is 9.59 Å². The van der Waals surface area contributed by atoms with E-state index < -0.39 is 18.2 Å². The quantitative estimate of drug-likeness (QED) is 0.0429. The predicted molar refractivity (Wildman–Crippen MR) is 247 cm³/mol. The molecule has 0 bridgehead atoms. The number of rotatable bonds is 13. The lowest BCUT2D eigenvalue weighted by Crippen LogP contribution is -2.51. The summed E-state index contributed by atoms with van der Waals surface area (Å²) < 4.78 is 4.76. The number of ether oxygens (including phenoxy) is 1. The minimum Gasteiger partial charge on any atom is -0.453 e. The molecule has 4 heterocycles. The van der Waals surface area contributed by atoms with E-state index in [1.807, 2.05) is 55.8 Å². The van der Waals surface area contributed by atoms with Gasteiger partial charge >= 0.3 is 6.09 Å². The average Bonchev–Trinajstić information content (AvgIpc) is 4.00. The smallest absolute Gasteiger partial charge is 0.407 e. The molecule has 2 aliphatic rings. The molecule has 0 saturated carbocycles. The van der Waals surface area contributed by atoms with E-state index in [1.54, 1.807) is 0 Å². The van der Waals surface area contributed by atoms with Crippen molar-refractivity contribution in [2.75, 3.05) is 27.3 Å². The Bertz CT molecular complexity index is 2000. The van der Waals surface area contributed by atoms with E-state index in [9.17, 15) is 14.4 Å². The van der Waals surface area contributed by atoms with E-state index in [-0.39, 0.29) is 89.7 Å². The molecule has 2 aliphatic heterocycles. The Morgan fingerprint density at radius 1 is 0.828 bits per heavy atom. The first kappa shape index (κ1) is 50.0. The van der Waals surface area contributed by atoms with E-state index in [0.717, 1.165) is 70.7 Å². The molecule has 14 nitrogen and oxygen atoms in total. The molecule has 3 N–H and O–H groups in total. The highest BCUT2D eigenvalue weighted by Gasteiger charge is 2.38. The number of likely N-dealkylation sites (tertiary alicyclic amines) is 2. The van der Waals surface area contributed by atoms with Crippen LogP contribution in [0.2, 0.25) is 0 Å². The third kappa shape index (κ3) is 11.5. The van der Waals surface area contributed by atoms with Crippen LogP contribution in [0.25, 0.3) is 34.4 Å². The fourth-order valence-corrected chi connectivity index (χ4v) is 7.26. The van der Waals surface area contributed by atoms with Gasteiger partial charge in [-0.25, -0.2) is 19.8 Å². The van der Waals surface area contributed by atoms with Gasteiger partial charge in [0.05, 0.1) is 49.2 Å². The van der Waals surface area contributed by atoms with Crippen molar-refractivity contribution in [2.24, 2.45) is 16.8 Å². The highest BCUT2D eigenvalue weighted by molar-refractivity contribution is 7.59. The second-order valence-electron chi connectivity index (χ2n) is 14.5. The average molecular weight is 875 g/mol. The van der Waals surface area contributed by atoms with Crippen LogP contribution in [-0.4, -0.2) is 93.4 Å². The SMILES string of the molecule is COOC=N[C@H](C(=O)N1CCC[C@H]1c1ncc(-c2ccc(/C=C/c3ccc4nc([C@@H]5CCCN5C(=O)[C@@H](NC(=O)OC)C(C)C)[nH]c4c3)cc2)[nH]1)C(C)C.S.S.S.S. The van der Waals surface area contributed by atoms with Crippen LogP contribution in [0.3, 0.4) is 0 Å². The molecule has 0 unspecified atom stereocenters. The van der Waals surface area contributed by atoms with E-state index in [2.05, 4.69) is 72.6 Å². The van der Waals surface area contributed by atoms with Gasteiger partial charge in [-0.2, -0.15) is 58.9 Å². The number of amides is 3. The number of fused-ring (bicyclic) bond motifs is 1. The van der Waals surface area contributed by atoms with Gasteiger partial charge < -0.3 is 34.7 Å². The fourth-order valence-electron chi connectivity index (χ4n) is 7.26. The van der Waals surface area contributed by atoms with Crippen LogP contribution in [0.1, 0.15) is 88.2 Å². The van der Waals surface area contributed by atoms with Gasteiger partial charge in [0.1, 0.15) is 23.7 Å². The maximum atomic E-state index is 13.6. The Hall–Kier alpha value is -4.10. The van der Waals surface area contributed by atoms with Crippen LogP contribution >= 0.6 is 54.0 Å². The van der Waals surface area contributed by atoms with Crippen molar-refractivity contribution < 1.29 is 28.9 Å². The van der Waals surface area contributed by atoms with Crippen molar-refractivity contribution in [1.29, 1.82) is 0 Å². The summed E-state index contributed by atoms with van der Waals surface area (Å²) in [4.78, 5) is 72.8. The third-order valence-electron chi connectivity index (χ3n) is 10.1. The second kappa shape index (κ2) is 22.9. The summed E-state index contributed by atoms with van der Waals surface area (Å²) in [6, 6.07) is 12.7. The molecule has 4 aromatic rings. The molecule has 6 rings (SSSR count). The number of aromatic nitrogens is 4. The van der Waals surface area contributed by atoms with Gasteiger partial charge in [0.25, 0.3) is 0 Å². The zero-order valence-corrected chi connectivity index (χ0v) is 37.7. The topological polar surface area (TPSA) is 167 Å². The van der Waals surface area contributed by atoms with Crippen LogP contribution in [0.15, 0.2) is 53.7 Å². The standard InChI is InChI=1S/C40H50N8O6.4H2S/c1-24(2)34(42-23-54-53-6)38(49)47-19-7-9-32(47)36-41-22-31(45-36)28-16-13-26(14-17-28)11-12-27-15-18-29-30(21-27)44-37(43-29)33-10-8-20-48(33)39(50)35(25(3)4)46-40(51)52-5;;;;/h11-18,21-25,32-35H,7-10,19-20H2,1-6H3,(H,41,45)(H,43,44)(H,46,51);4*1H2/b12-11+,42-23?;;;;/t32-,33-,34-,35-;;;;/m0..../s1. The number of aliphatic imine (C=N–C) groups is 1. The molecule has 4 atom stereocenters. The second-order valence-corrected chi connectivity index (χ2v) is 14.5. The van der Waals surface area contributed by atoms with Crippen LogP contribution < -0.4 is 5.32 Å². The summed E-state index contributed by atoms with van der Waals surface area (Å²) in [7, 11) is 2.68. The highest BCUT2D eigenvalue weighted by atomic mass is 32.1. The summed E-state index contributed by atoms with van der Waals surface area (Å²) in [5, 5.41) is 2.70. The number of aromatic amines is 2. The molecule has 3 amide bonds. The van der Waals surface area contributed by atoms with Crippen LogP contribution in [0.4, 0.5) is 4.79 Å². The van der Waals surface area contributed by atoms with Gasteiger partial charge in [-0.15, -0.1) is 0 Å². The number of nitrogens with one attached hydrogen (secondary N) is 3. The van der Waals surface area contributed by atoms with Gasteiger partial charge in [-0.05, 0) is 66.3 Å². The summed E-state index contributed by atoms with van der Waals surface area (Å²) in [6.45, 7) is 8.98. The number of hydrogen-bond acceptors (Lipinski definition) is 9. The molecule has 2 saturated heterocycles. The number of benzene rings is 2. The van der Waals surface area contributed by atoms with Crippen molar-refractivity contribution in [2.45, 2.75) is 77.5 Å². The van der Waals surface area contributed by atoms with Crippen molar-refractivity contribution in [1.82, 2.24) is 35.1 Å². The Morgan fingerprint density at radius 3 is 2.07 bits per heavy atom. The van der Waals surface area contributed by atoms with E-state index in [0.29, 0.717) is 13.1 Å². The first-order valence-corrected chi connectivity index (χ1v) is 18.6. The van der Waals surface area contributed by atoms with E-state index >= 15 is 0 Å². The number of H-pyrrole nitrogens is 2. The van der Waals surface area contributed by atoms with Crippen LogP contribution in [0, 0.1) is 11.8 Å². The van der Waals surface area contributed by atoms with Crippen LogP contribution in [-0.2, 0) is 24.1 Å². The lowest BCUT2D eigenvalue weighted by molar-refractivity contribution is -0.188. The minimum atomic E-state index is -0.683. The van der Waals surface area contributed by atoms with E-state index in [4.69, 9.17) is 14.6 Å². The zero-order valence-electron chi connectivity index (χ0n) is 33.7. The Balaban J connectivity index is 0.00000290. The Morgan fingerprint density at radius 2 is 1.45 bits per heavy atom. The summed E-state index contributed by atoms with van der Waals surface area (Å²) in [6.07, 6.45) is 9.86. The number of alkyl carbamates (subject to hydrolysis) is 1. The molecule has 18 heteroatoms. The van der Waals surface area contributed by atoms with Gasteiger partial charge in [0, 0.05) is 13.1 Å². The molecule has 318 valence electrons. The lowest BCUT2D eigenvalue weighted by atomic mass is 10.0. The van der Waals surface area contributed by atoms with Crippen molar-refractivity contribution in [3.8, 4) is 11.3 Å². The molecule has 2 aromatic heterocycles. The minimum absolute atomic E-state index is 0. The number of imidazole rings is 2. The Labute approximate surface area is 368 Å². The number of carbonyl (C=O) groups is 3. The Kier molecular flexibility index (Phi) is 19.7. The maximum Gasteiger partial charge on any atom is 0.407 e. The summed E-state index contributed by atoms with van der Waals surface area (Å²) >= 11 is 0. The first-order valence-electron chi connectivity index (χ1n) is 18.6. The fraction of sp³-hybridized carbons (Fsp3) is 0.450. The molecule has 0 radical (unpaired) electrons. The third-order valence-corrected chi connectivity index (χ3v) is 10.1. The monoisotopic (exact) mass is 874 g/mol. The summed E-state index contributed by atoms with van der Waals surface area (Å²) in [5.74, 6) is 1.21. The summed E-state index contributed by atoms with van der Waals surface area (Å²) in [5.41, 5.74) is 5.64. The molecule has 0 spiro atoms. The number of carbonyl (C=O) groups excluding carboxylic acids is 3. The highest BCUT2D eigenvalue weighted by Crippen LogP contribution is 2.34. The lowest BCUT2D eigenvalue weighted by Gasteiger charge is -2.29. The van der Waals surface area contributed by atoms with Gasteiger partial charge in [-0.1, -0.05) is 70.2 Å². The van der Waals surface area contributed by atoms with E-state index in [1.165, 1.54) is 20.6 Å². The molecule has 2 fully saturated rings. The first-order chi connectivity index (χ1) is 26.1. The van der Waals surface area contributed by atoms with Crippen molar-refractivity contribution >= 4 is 101 Å². The number of nitrogens with zero attached hydrogens (tertiary/aromatic N) is 5. The van der Waals surface area contributed by atoms with Crippen molar-refractivity contribution in [3.05, 3.63) is 71.4 Å². The molecule has 58 heavy (non-hydrogen) atoms. The zero-order chi connectivity index (χ0) is 38.4. The number of hydrogen-bond donors (Lipinski definition) is 3. The largest absolute Gasteiger partial charge is 0.453 e. The van der Waals surface area contributed by atoms with Gasteiger partial charge in [0.2, 0.25) is 18.2 Å². The normalized spacial score (nSPS) is 17.4. The predicted octanol–water partition coefficient (Wildman–Crippen LogP) is 6.91. The molecule has 2 aromatic carbocycles. The molecule has 0 aliphatic carbocycles.